The summed E-state index contributed by atoms with van der Waals surface area (Å²) >= 11 is 14.9. The lowest BCUT2D eigenvalue weighted by molar-refractivity contribution is 0.395. The molecule has 2 saturated heterocycles. The van der Waals surface area contributed by atoms with Gasteiger partial charge in [0, 0.05) is 15.4 Å². The van der Waals surface area contributed by atoms with E-state index in [4.69, 9.17) is 23.2 Å². The lowest BCUT2D eigenvalue weighted by atomic mass is 9.83. The fourth-order valence-corrected chi connectivity index (χ4v) is 4.86. The molecule has 3 heteroatoms. The number of halogens is 2. The van der Waals surface area contributed by atoms with Crippen LogP contribution in [0.5, 0.6) is 0 Å². The van der Waals surface area contributed by atoms with Crippen molar-refractivity contribution in [3.63, 3.8) is 0 Å². The Hall–Kier alpha value is 0.930. The first-order valence-corrected chi connectivity index (χ1v) is 6.65. The Morgan fingerprint density at radius 1 is 1.23 bits per heavy atom. The fraction of sp³-hybridized carbons (Fsp3) is 1.00. The molecule has 2 rings (SSSR count). The summed E-state index contributed by atoms with van der Waals surface area (Å²) in [5.41, 5.74) is 0. The van der Waals surface area contributed by atoms with E-state index in [2.05, 4.69) is 13.8 Å². The molecule has 13 heavy (non-hydrogen) atoms. The van der Waals surface area contributed by atoms with Gasteiger partial charge in [-0.1, -0.05) is 0 Å². The third kappa shape index (κ3) is 1.61. The molecule has 76 valence electrons. The van der Waals surface area contributed by atoms with Crippen LogP contribution in [0.4, 0.5) is 0 Å². The number of rotatable bonds is 0. The van der Waals surface area contributed by atoms with Crippen LogP contribution in [0.2, 0.25) is 0 Å². The molecule has 0 saturated carbocycles. The Balaban J connectivity index is 2.27. The van der Waals surface area contributed by atoms with Crippen LogP contribution in [0.3, 0.4) is 0 Å². The van der Waals surface area contributed by atoms with Gasteiger partial charge in [-0.2, -0.15) is 0 Å². The van der Waals surface area contributed by atoms with E-state index in [-0.39, 0.29) is 9.62 Å². The molecule has 0 aromatic carbocycles. The minimum Gasteiger partial charge on any atom is -0.149 e. The standard InChI is InChI=1S/C10H16Cl2S/c1-9(12)5-3-7(11)8-4-6-10(9,2)13-8/h7-8H,3-6H2,1-2H3. The van der Waals surface area contributed by atoms with E-state index in [1.165, 1.54) is 12.8 Å². The van der Waals surface area contributed by atoms with Crippen LogP contribution in [-0.4, -0.2) is 20.2 Å². The van der Waals surface area contributed by atoms with Crippen LogP contribution in [0.1, 0.15) is 39.5 Å². The van der Waals surface area contributed by atoms with Crippen molar-refractivity contribution < 1.29 is 0 Å². The van der Waals surface area contributed by atoms with Crippen LogP contribution in [-0.2, 0) is 0 Å². The lowest BCUT2D eigenvalue weighted by Gasteiger charge is -2.37. The van der Waals surface area contributed by atoms with Gasteiger partial charge < -0.3 is 0 Å². The molecular weight excluding hydrogens is 223 g/mol. The molecule has 0 aliphatic carbocycles. The summed E-state index contributed by atoms with van der Waals surface area (Å²) in [6, 6.07) is 0. The highest BCUT2D eigenvalue weighted by atomic mass is 35.5. The topological polar surface area (TPSA) is 0 Å². The predicted octanol–water partition coefficient (Wildman–Crippen LogP) is 4.04. The van der Waals surface area contributed by atoms with Crippen molar-refractivity contribution in [2.24, 2.45) is 0 Å². The normalized spacial score (nSPS) is 56.3. The molecule has 0 radical (unpaired) electrons. The molecule has 0 amide bonds. The summed E-state index contributed by atoms with van der Waals surface area (Å²) in [7, 11) is 0. The van der Waals surface area contributed by atoms with Crippen molar-refractivity contribution >= 4 is 35.0 Å². The Labute approximate surface area is 94.7 Å². The summed E-state index contributed by atoms with van der Waals surface area (Å²) < 4.78 is 0.253. The zero-order chi connectivity index (χ0) is 9.69. The van der Waals surface area contributed by atoms with Gasteiger partial charge >= 0.3 is 0 Å². The molecule has 2 fully saturated rings. The minimum absolute atomic E-state index is 0.0595. The van der Waals surface area contributed by atoms with Crippen molar-refractivity contribution in [1.29, 1.82) is 0 Å². The van der Waals surface area contributed by atoms with Gasteiger partial charge in [0.05, 0.1) is 4.87 Å². The van der Waals surface area contributed by atoms with E-state index in [0.717, 1.165) is 12.8 Å². The number of fused-ring (bicyclic) bond motifs is 2. The Bertz CT molecular complexity index is 217. The van der Waals surface area contributed by atoms with E-state index >= 15 is 0 Å². The van der Waals surface area contributed by atoms with E-state index in [0.29, 0.717) is 10.6 Å². The highest BCUT2D eigenvalue weighted by Gasteiger charge is 2.52. The Morgan fingerprint density at radius 2 is 1.92 bits per heavy atom. The van der Waals surface area contributed by atoms with Gasteiger partial charge in [-0.25, -0.2) is 0 Å². The summed E-state index contributed by atoms with van der Waals surface area (Å²) in [6.45, 7) is 4.48. The second-order valence-corrected chi connectivity index (χ2v) is 7.81. The predicted molar refractivity (Wildman–Crippen MR) is 62.2 cm³/mol. The molecule has 0 aromatic rings. The molecule has 4 atom stereocenters. The van der Waals surface area contributed by atoms with Gasteiger partial charge in [-0.3, -0.25) is 0 Å². The lowest BCUT2D eigenvalue weighted by Crippen LogP contribution is -2.40. The molecule has 2 aliphatic heterocycles. The van der Waals surface area contributed by atoms with E-state index < -0.39 is 0 Å². The van der Waals surface area contributed by atoms with Crippen molar-refractivity contribution in [3.05, 3.63) is 0 Å². The first kappa shape index (κ1) is 10.4. The Morgan fingerprint density at radius 3 is 2.62 bits per heavy atom. The number of alkyl halides is 2. The van der Waals surface area contributed by atoms with Gasteiger partial charge in [-0.05, 0) is 39.5 Å². The fourth-order valence-electron chi connectivity index (χ4n) is 2.37. The highest BCUT2D eigenvalue weighted by Crippen LogP contribution is 2.57. The molecule has 2 bridgehead atoms. The monoisotopic (exact) mass is 238 g/mol. The first-order chi connectivity index (χ1) is 5.95. The van der Waals surface area contributed by atoms with E-state index in [1.54, 1.807) is 0 Å². The van der Waals surface area contributed by atoms with Gasteiger partial charge in [-0.15, -0.1) is 35.0 Å². The number of thioether (sulfide) groups is 1. The van der Waals surface area contributed by atoms with Crippen molar-refractivity contribution in [2.75, 3.05) is 0 Å². The maximum atomic E-state index is 6.60. The Kier molecular flexibility index (Phi) is 2.58. The van der Waals surface area contributed by atoms with Crippen LogP contribution >= 0.6 is 35.0 Å². The first-order valence-electron chi connectivity index (χ1n) is 4.95. The largest absolute Gasteiger partial charge is 0.149 e. The van der Waals surface area contributed by atoms with E-state index in [1.807, 2.05) is 11.8 Å². The van der Waals surface area contributed by atoms with Gasteiger partial charge in [0.25, 0.3) is 0 Å². The third-order valence-electron chi connectivity index (χ3n) is 3.71. The molecule has 2 aliphatic rings. The van der Waals surface area contributed by atoms with Gasteiger partial charge in [0.15, 0.2) is 0 Å². The SMILES string of the molecule is CC1(Cl)CCC(Cl)C2CCC1(C)S2. The second-order valence-electron chi connectivity index (χ2n) is 4.68. The summed E-state index contributed by atoms with van der Waals surface area (Å²) in [4.78, 5) is -0.0595. The smallest absolute Gasteiger partial charge is 0.0563 e. The quantitative estimate of drug-likeness (QED) is 0.575. The van der Waals surface area contributed by atoms with E-state index in [9.17, 15) is 0 Å². The number of hydrogen-bond acceptors (Lipinski definition) is 1. The average Bonchev–Trinajstić information content (AvgIpc) is 2.42. The van der Waals surface area contributed by atoms with Crippen LogP contribution in [0.25, 0.3) is 0 Å². The minimum atomic E-state index is -0.0595. The summed E-state index contributed by atoms with van der Waals surface area (Å²) in [6.07, 6.45) is 4.61. The zero-order valence-corrected chi connectivity index (χ0v) is 10.5. The summed E-state index contributed by atoms with van der Waals surface area (Å²) in [5, 5.41) is 0.986. The molecule has 0 spiro atoms. The second kappa shape index (κ2) is 3.21. The van der Waals surface area contributed by atoms with Crippen LogP contribution in [0, 0.1) is 0 Å². The summed E-state index contributed by atoms with van der Waals surface area (Å²) in [5.74, 6) is 0. The van der Waals surface area contributed by atoms with Gasteiger partial charge in [0.1, 0.15) is 0 Å². The molecular formula is C10H16Cl2S. The highest BCUT2D eigenvalue weighted by molar-refractivity contribution is 8.01. The van der Waals surface area contributed by atoms with Crippen molar-refractivity contribution in [3.8, 4) is 0 Å². The maximum Gasteiger partial charge on any atom is 0.0563 e. The van der Waals surface area contributed by atoms with Crippen LogP contribution < -0.4 is 0 Å². The van der Waals surface area contributed by atoms with Crippen molar-refractivity contribution in [1.82, 2.24) is 0 Å². The number of hydrogen-bond donors (Lipinski definition) is 0. The zero-order valence-electron chi connectivity index (χ0n) is 8.15. The van der Waals surface area contributed by atoms with Crippen LogP contribution in [0.15, 0.2) is 0 Å². The molecule has 2 heterocycles. The molecule has 0 aromatic heterocycles. The molecule has 0 nitrogen and oxygen atoms in total. The molecule has 0 N–H and O–H groups in total. The third-order valence-corrected chi connectivity index (χ3v) is 7.14. The van der Waals surface area contributed by atoms with Crippen molar-refractivity contribution in [2.45, 2.75) is 59.8 Å². The van der Waals surface area contributed by atoms with Gasteiger partial charge in [0.2, 0.25) is 0 Å². The molecule has 4 unspecified atom stereocenters. The maximum absolute atomic E-state index is 6.60. The average molecular weight is 239 g/mol.